The van der Waals surface area contributed by atoms with Crippen molar-refractivity contribution in [2.24, 2.45) is 5.41 Å². The first-order chi connectivity index (χ1) is 8.11. The van der Waals surface area contributed by atoms with Crippen LogP contribution in [0.4, 0.5) is 0 Å². The van der Waals surface area contributed by atoms with Crippen LogP contribution in [0.25, 0.3) is 0 Å². The van der Waals surface area contributed by atoms with Gasteiger partial charge in [0.15, 0.2) is 0 Å². The van der Waals surface area contributed by atoms with E-state index in [1.807, 2.05) is 13.8 Å². The molecule has 0 bridgehead atoms. The van der Waals surface area contributed by atoms with Gasteiger partial charge in [0.1, 0.15) is 0 Å². The molecule has 0 aromatic heterocycles. The molecule has 0 aromatic rings. The fourth-order valence-electron chi connectivity index (χ4n) is 3.23. The maximum absolute atomic E-state index is 9.55. The van der Waals surface area contributed by atoms with Crippen LogP contribution in [0.1, 0.15) is 66.2 Å². The summed E-state index contributed by atoms with van der Waals surface area (Å²) in [6.45, 7) is 11.1. The quantitative estimate of drug-likeness (QED) is 0.760. The van der Waals surface area contributed by atoms with Gasteiger partial charge < -0.3 is 10.0 Å². The summed E-state index contributed by atoms with van der Waals surface area (Å²) in [6.07, 6.45) is 7.33. The highest BCUT2D eigenvalue weighted by Crippen LogP contribution is 2.44. The molecule has 0 atom stereocenters. The van der Waals surface area contributed by atoms with Crippen LogP contribution in [0.3, 0.4) is 0 Å². The molecule has 1 N–H and O–H groups in total. The lowest BCUT2D eigenvalue weighted by atomic mass is 9.67. The van der Waals surface area contributed by atoms with Crippen molar-refractivity contribution in [2.45, 2.75) is 78.4 Å². The molecule has 1 saturated heterocycles. The van der Waals surface area contributed by atoms with Crippen molar-refractivity contribution in [3.05, 3.63) is 0 Å². The SMILES string of the molecule is CC.CC(C)N1CCC2(CCC(O)CC2)CC1. The smallest absolute Gasteiger partial charge is 0.0540 e. The number of hydrogen-bond acceptors (Lipinski definition) is 2. The molecule has 102 valence electrons. The van der Waals surface area contributed by atoms with Crippen LogP contribution < -0.4 is 0 Å². The minimum Gasteiger partial charge on any atom is -0.393 e. The second-order valence-electron chi connectivity index (χ2n) is 5.86. The van der Waals surface area contributed by atoms with Crippen molar-refractivity contribution in [1.29, 1.82) is 0 Å². The number of likely N-dealkylation sites (tertiary alicyclic amines) is 1. The monoisotopic (exact) mass is 241 g/mol. The lowest BCUT2D eigenvalue weighted by Gasteiger charge is -2.46. The Balaban J connectivity index is 0.000000686. The summed E-state index contributed by atoms with van der Waals surface area (Å²) in [7, 11) is 0. The zero-order valence-electron chi connectivity index (χ0n) is 12.2. The maximum atomic E-state index is 9.55. The third-order valence-corrected chi connectivity index (χ3v) is 4.60. The zero-order valence-corrected chi connectivity index (χ0v) is 12.2. The van der Waals surface area contributed by atoms with Crippen LogP contribution in [0.15, 0.2) is 0 Å². The van der Waals surface area contributed by atoms with Gasteiger partial charge in [0, 0.05) is 6.04 Å². The standard InChI is InChI=1S/C13H25NO.C2H6/c1-11(2)14-9-7-13(8-10-14)5-3-12(15)4-6-13;1-2/h11-12,15H,3-10H2,1-2H3;1-2H3. The van der Waals surface area contributed by atoms with E-state index in [4.69, 9.17) is 0 Å². The molecular formula is C15H31NO. The summed E-state index contributed by atoms with van der Waals surface area (Å²) in [4.78, 5) is 2.59. The van der Waals surface area contributed by atoms with Gasteiger partial charge in [-0.05, 0) is 70.9 Å². The highest BCUT2D eigenvalue weighted by atomic mass is 16.3. The molecule has 2 fully saturated rings. The highest BCUT2D eigenvalue weighted by Gasteiger charge is 2.37. The molecule has 0 amide bonds. The molecule has 2 rings (SSSR count). The number of nitrogens with zero attached hydrogens (tertiary/aromatic N) is 1. The number of piperidine rings is 1. The largest absolute Gasteiger partial charge is 0.393 e. The molecule has 2 heteroatoms. The van der Waals surface area contributed by atoms with Gasteiger partial charge >= 0.3 is 0 Å². The third kappa shape index (κ3) is 3.96. The van der Waals surface area contributed by atoms with Gasteiger partial charge in [-0.1, -0.05) is 13.8 Å². The Morgan fingerprint density at radius 1 is 1.00 bits per heavy atom. The molecule has 1 saturated carbocycles. The van der Waals surface area contributed by atoms with E-state index in [-0.39, 0.29) is 6.10 Å². The van der Waals surface area contributed by atoms with E-state index in [1.165, 1.54) is 38.8 Å². The maximum Gasteiger partial charge on any atom is 0.0540 e. The molecule has 1 aliphatic carbocycles. The van der Waals surface area contributed by atoms with Crippen molar-refractivity contribution in [1.82, 2.24) is 4.90 Å². The minimum atomic E-state index is -0.00115. The average molecular weight is 241 g/mol. The molecular weight excluding hydrogens is 210 g/mol. The third-order valence-electron chi connectivity index (χ3n) is 4.60. The predicted octanol–water partition coefficient (Wildman–Crippen LogP) is 3.44. The predicted molar refractivity (Wildman–Crippen MR) is 74.2 cm³/mol. The fraction of sp³-hybridized carbons (Fsp3) is 1.00. The lowest BCUT2D eigenvalue weighted by molar-refractivity contribution is 0.0102. The lowest BCUT2D eigenvalue weighted by Crippen LogP contribution is -2.45. The molecule has 17 heavy (non-hydrogen) atoms. The molecule has 1 aliphatic heterocycles. The molecule has 2 aliphatic rings. The Labute approximate surface area is 107 Å². The van der Waals surface area contributed by atoms with Gasteiger partial charge in [-0.2, -0.15) is 0 Å². The van der Waals surface area contributed by atoms with Crippen LogP contribution in [0.2, 0.25) is 0 Å². The van der Waals surface area contributed by atoms with E-state index in [2.05, 4.69) is 18.7 Å². The first-order valence-corrected chi connectivity index (χ1v) is 7.53. The summed E-state index contributed by atoms with van der Waals surface area (Å²) in [5.41, 5.74) is 0.602. The molecule has 2 nitrogen and oxygen atoms in total. The van der Waals surface area contributed by atoms with E-state index in [9.17, 15) is 5.11 Å². The van der Waals surface area contributed by atoms with Crippen LogP contribution in [-0.2, 0) is 0 Å². The van der Waals surface area contributed by atoms with Crippen molar-refractivity contribution >= 4 is 0 Å². The topological polar surface area (TPSA) is 23.5 Å². The van der Waals surface area contributed by atoms with Gasteiger partial charge in [0.25, 0.3) is 0 Å². The fourth-order valence-corrected chi connectivity index (χ4v) is 3.23. The average Bonchev–Trinajstić information content (AvgIpc) is 2.36. The van der Waals surface area contributed by atoms with Gasteiger partial charge in [-0.15, -0.1) is 0 Å². The molecule has 1 heterocycles. The van der Waals surface area contributed by atoms with Crippen LogP contribution in [-0.4, -0.2) is 35.2 Å². The first kappa shape index (κ1) is 15.0. The number of hydrogen-bond donors (Lipinski definition) is 1. The number of rotatable bonds is 1. The van der Waals surface area contributed by atoms with E-state index < -0.39 is 0 Å². The van der Waals surface area contributed by atoms with Crippen molar-refractivity contribution < 1.29 is 5.11 Å². The van der Waals surface area contributed by atoms with E-state index >= 15 is 0 Å². The summed E-state index contributed by atoms with van der Waals surface area (Å²) < 4.78 is 0. The van der Waals surface area contributed by atoms with Gasteiger partial charge in [0.05, 0.1) is 6.10 Å². The Hall–Kier alpha value is -0.0800. The summed E-state index contributed by atoms with van der Waals surface area (Å²) in [6, 6.07) is 0.705. The summed E-state index contributed by atoms with van der Waals surface area (Å²) >= 11 is 0. The van der Waals surface area contributed by atoms with Crippen molar-refractivity contribution in [3.63, 3.8) is 0 Å². The Morgan fingerprint density at radius 2 is 1.47 bits per heavy atom. The Bertz CT molecular complexity index is 197. The van der Waals surface area contributed by atoms with Crippen LogP contribution >= 0.6 is 0 Å². The number of aliphatic hydroxyl groups is 1. The van der Waals surface area contributed by atoms with Gasteiger partial charge in [-0.25, -0.2) is 0 Å². The normalized spacial score (nSPS) is 25.8. The van der Waals surface area contributed by atoms with Crippen molar-refractivity contribution in [2.75, 3.05) is 13.1 Å². The van der Waals surface area contributed by atoms with Gasteiger partial charge in [0.2, 0.25) is 0 Å². The van der Waals surface area contributed by atoms with Crippen LogP contribution in [0, 0.1) is 5.41 Å². The Morgan fingerprint density at radius 3 is 1.88 bits per heavy atom. The zero-order chi connectivity index (χ0) is 12.9. The van der Waals surface area contributed by atoms with Crippen LogP contribution in [0.5, 0.6) is 0 Å². The van der Waals surface area contributed by atoms with E-state index in [0.717, 1.165) is 12.8 Å². The minimum absolute atomic E-state index is 0.00115. The highest BCUT2D eigenvalue weighted by molar-refractivity contribution is 4.90. The molecule has 0 unspecified atom stereocenters. The second kappa shape index (κ2) is 6.75. The number of aliphatic hydroxyl groups excluding tert-OH is 1. The molecule has 0 aromatic carbocycles. The van der Waals surface area contributed by atoms with Gasteiger partial charge in [-0.3, -0.25) is 0 Å². The summed E-state index contributed by atoms with van der Waals surface area (Å²) in [5, 5.41) is 9.55. The molecule has 0 radical (unpaired) electrons. The molecule has 1 spiro atoms. The van der Waals surface area contributed by atoms with E-state index in [1.54, 1.807) is 0 Å². The van der Waals surface area contributed by atoms with E-state index in [0.29, 0.717) is 11.5 Å². The Kier molecular flexibility index (Phi) is 5.94. The van der Waals surface area contributed by atoms with Crippen molar-refractivity contribution in [3.8, 4) is 0 Å². The second-order valence-corrected chi connectivity index (χ2v) is 5.86. The first-order valence-electron chi connectivity index (χ1n) is 7.53. The summed E-state index contributed by atoms with van der Waals surface area (Å²) in [5.74, 6) is 0.